The minimum absolute atomic E-state index is 0.142. The number of hydrogen-bond acceptors (Lipinski definition) is 6. The molecule has 0 atom stereocenters. The van der Waals surface area contributed by atoms with Crippen LogP contribution in [0.25, 0.3) is 0 Å². The molecule has 1 aromatic rings. The smallest absolute Gasteiger partial charge is 0.253 e. The Bertz CT molecular complexity index is 756. The van der Waals surface area contributed by atoms with Crippen LogP contribution < -0.4 is 10.2 Å². The number of nitrogens with zero attached hydrogens (tertiary/aromatic N) is 2. The summed E-state index contributed by atoms with van der Waals surface area (Å²) in [6, 6.07) is 4.83. The van der Waals surface area contributed by atoms with Gasteiger partial charge in [-0.25, -0.2) is 8.42 Å². The molecule has 2 saturated heterocycles. The highest BCUT2D eigenvalue weighted by molar-refractivity contribution is 7.89. The first-order valence-electron chi connectivity index (χ1n) is 9.37. The maximum atomic E-state index is 13.0. The minimum atomic E-state index is -3.66. The summed E-state index contributed by atoms with van der Waals surface area (Å²) >= 11 is 0. The monoisotopic (exact) mass is 397 g/mol. The fourth-order valence-corrected chi connectivity index (χ4v) is 4.64. The first-order chi connectivity index (χ1) is 13.0. The Hall–Kier alpha value is -1.68. The van der Waals surface area contributed by atoms with Gasteiger partial charge in [0, 0.05) is 38.4 Å². The van der Waals surface area contributed by atoms with Gasteiger partial charge in [-0.05, 0) is 24.6 Å². The first-order valence-corrected chi connectivity index (χ1v) is 10.8. The van der Waals surface area contributed by atoms with E-state index in [1.54, 1.807) is 12.1 Å². The van der Waals surface area contributed by atoms with Gasteiger partial charge in [0.25, 0.3) is 5.91 Å². The van der Waals surface area contributed by atoms with Gasteiger partial charge < -0.3 is 19.7 Å². The fourth-order valence-electron chi connectivity index (χ4n) is 3.21. The highest BCUT2D eigenvalue weighted by atomic mass is 32.2. The third-order valence-electron chi connectivity index (χ3n) is 4.71. The molecule has 8 nitrogen and oxygen atoms in total. The zero-order chi connectivity index (χ0) is 19.3. The number of anilines is 1. The van der Waals surface area contributed by atoms with Crippen LogP contribution in [0.1, 0.15) is 23.7 Å². The molecule has 0 unspecified atom stereocenters. The van der Waals surface area contributed by atoms with Crippen molar-refractivity contribution in [2.75, 3.05) is 64.1 Å². The van der Waals surface area contributed by atoms with Gasteiger partial charge in [0.2, 0.25) is 10.0 Å². The van der Waals surface area contributed by atoms with Crippen LogP contribution in [0.5, 0.6) is 0 Å². The molecule has 2 aliphatic rings. The van der Waals surface area contributed by atoms with Crippen LogP contribution in [0.4, 0.5) is 5.69 Å². The quantitative estimate of drug-likeness (QED) is 0.760. The molecule has 1 aromatic carbocycles. The second-order valence-electron chi connectivity index (χ2n) is 6.55. The molecule has 0 spiro atoms. The normalized spacial score (nSPS) is 19.1. The third-order valence-corrected chi connectivity index (χ3v) is 6.60. The Morgan fingerprint density at radius 2 is 1.70 bits per heavy atom. The van der Waals surface area contributed by atoms with Crippen molar-refractivity contribution >= 4 is 21.6 Å². The van der Waals surface area contributed by atoms with Gasteiger partial charge >= 0.3 is 0 Å². The standard InChI is InChI=1S/C18H27N3O5S/c1-2-5-19-18(22)16-14-15(27(23,24)21-8-12-26-13-9-21)3-4-17(16)20-6-10-25-11-7-20/h3-4,14H,2,5-13H2,1H3,(H,19,22). The van der Waals surface area contributed by atoms with E-state index in [0.29, 0.717) is 64.7 Å². The first kappa shape index (κ1) is 20.1. The van der Waals surface area contributed by atoms with E-state index in [-0.39, 0.29) is 10.8 Å². The molecular weight excluding hydrogens is 370 g/mol. The topological polar surface area (TPSA) is 88.2 Å². The van der Waals surface area contributed by atoms with E-state index < -0.39 is 10.0 Å². The highest BCUT2D eigenvalue weighted by Gasteiger charge is 2.28. The van der Waals surface area contributed by atoms with E-state index in [2.05, 4.69) is 10.2 Å². The predicted octanol–water partition coefficient (Wildman–Crippen LogP) is 0.684. The van der Waals surface area contributed by atoms with Crippen molar-refractivity contribution in [2.24, 2.45) is 0 Å². The molecule has 2 aliphatic heterocycles. The second kappa shape index (κ2) is 9.01. The van der Waals surface area contributed by atoms with E-state index >= 15 is 0 Å². The molecule has 0 saturated carbocycles. The highest BCUT2D eigenvalue weighted by Crippen LogP contribution is 2.27. The molecule has 0 radical (unpaired) electrons. The number of hydrogen-bond donors (Lipinski definition) is 1. The van der Waals surface area contributed by atoms with Crippen molar-refractivity contribution in [3.8, 4) is 0 Å². The number of carbonyl (C=O) groups excluding carboxylic acids is 1. The number of nitrogens with one attached hydrogen (secondary N) is 1. The van der Waals surface area contributed by atoms with Crippen LogP contribution in [0.3, 0.4) is 0 Å². The van der Waals surface area contributed by atoms with Crippen LogP contribution in [0.2, 0.25) is 0 Å². The van der Waals surface area contributed by atoms with Gasteiger partial charge in [0.15, 0.2) is 0 Å². The average Bonchev–Trinajstić information content (AvgIpc) is 2.72. The largest absolute Gasteiger partial charge is 0.379 e. The molecule has 1 amide bonds. The van der Waals surface area contributed by atoms with Crippen LogP contribution in [0.15, 0.2) is 23.1 Å². The van der Waals surface area contributed by atoms with Crippen molar-refractivity contribution in [3.05, 3.63) is 23.8 Å². The summed E-state index contributed by atoms with van der Waals surface area (Å²) in [4.78, 5) is 14.9. The number of rotatable bonds is 6. The molecule has 2 fully saturated rings. The fraction of sp³-hybridized carbons (Fsp3) is 0.611. The van der Waals surface area contributed by atoms with Gasteiger partial charge in [-0.1, -0.05) is 6.92 Å². The van der Waals surface area contributed by atoms with Gasteiger partial charge in [0.1, 0.15) is 0 Å². The third kappa shape index (κ3) is 4.60. The number of sulfonamides is 1. The number of morpholine rings is 2. The Morgan fingerprint density at radius 3 is 2.33 bits per heavy atom. The SMILES string of the molecule is CCCNC(=O)c1cc(S(=O)(=O)N2CCOCC2)ccc1N1CCOCC1. The molecule has 2 heterocycles. The molecular formula is C18H27N3O5S. The van der Waals surface area contributed by atoms with Crippen LogP contribution in [-0.4, -0.2) is 77.8 Å². The summed E-state index contributed by atoms with van der Waals surface area (Å²) < 4.78 is 38.0. The van der Waals surface area contributed by atoms with E-state index in [1.165, 1.54) is 10.4 Å². The van der Waals surface area contributed by atoms with Crippen LogP contribution in [0, 0.1) is 0 Å². The summed E-state index contributed by atoms with van der Waals surface area (Å²) in [6.45, 7) is 6.45. The van der Waals surface area contributed by atoms with Crippen molar-refractivity contribution in [3.63, 3.8) is 0 Å². The maximum absolute atomic E-state index is 13.0. The zero-order valence-corrected chi connectivity index (χ0v) is 16.5. The van der Waals surface area contributed by atoms with E-state index in [1.807, 2.05) is 6.92 Å². The van der Waals surface area contributed by atoms with Crippen molar-refractivity contribution in [1.29, 1.82) is 0 Å². The molecule has 0 aliphatic carbocycles. The van der Waals surface area contributed by atoms with Crippen LogP contribution in [-0.2, 0) is 19.5 Å². The van der Waals surface area contributed by atoms with Gasteiger partial charge in [-0.3, -0.25) is 4.79 Å². The summed E-state index contributed by atoms with van der Waals surface area (Å²) in [7, 11) is -3.66. The Labute approximate surface area is 160 Å². The Morgan fingerprint density at radius 1 is 1.07 bits per heavy atom. The van der Waals surface area contributed by atoms with Crippen molar-refractivity contribution in [2.45, 2.75) is 18.2 Å². The lowest BCUT2D eigenvalue weighted by Gasteiger charge is -2.31. The van der Waals surface area contributed by atoms with Crippen molar-refractivity contribution < 1.29 is 22.7 Å². The average molecular weight is 397 g/mol. The predicted molar refractivity (Wildman–Crippen MR) is 102 cm³/mol. The molecule has 1 N–H and O–H groups in total. The summed E-state index contributed by atoms with van der Waals surface area (Å²) in [5.41, 5.74) is 1.13. The second-order valence-corrected chi connectivity index (χ2v) is 8.49. The van der Waals surface area contributed by atoms with Gasteiger partial charge in [-0.15, -0.1) is 0 Å². The molecule has 27 heavy (non-hydrogen) atoms. The number of benzene rings is 1. The molecule has 9 heteroatoms. The van der Waals surface area contributed by atoms with E-state index in [0.717, 1.165) is 12.1 Å². The van der Waals surface area contributed by atoms with E-state index in [4.69, 9.17) is 9.47 Å². The van der Waals surface area contributed by atoms with Crippen LogP contribution >= 0.6 is 0 Å². The van der Waals surface area contributed by atoms with Crippen molar-refractivity contribution in [1.82, 2.24) is 9.62 Å². The number of amides is 1. The molecule has 0 aromatic heterocycles. The lowest BCUT2D eigenvalue weighted by atomic mass is 10.1. The van der Waals surface area contributed by atoms with Gasteiger partial charge in [0.05, 0.1) is 36.9 Å². The summed E-state index contributed by atoms with van der Waals surface area (Å²) in [5, 5.41) is 2.86. The summed E-state index contributed by atoms with van der Waals surface area (Å²) in [6.07, 6.45) is 0.810. The molecule has 3 rings (SSSR count). The Kier molecular flexibility index (Phi) is 6.69. The zero-order valence-electron chi connectivity index (χ0n) is 15.6. The van der Waals surface area contributed by atoms with E-state index in [9.17, 15) is 13.2 Å². The lowest BCUT2D eigenvalue weighted by Crippen LogP contribution is -2.41. The number of carbonyl (C=O) groups is 1. The lowest BCUT2D eigenvalue weighted by molar-refractivity contribution is 0.0730. The molecule has 150 valence electrons. The minimum Gasteiger partial charge on any atom is -0.379 e. The Balaban J connectivity index is 1.95. The van der Waals surface area contributed by atoms with Gasteiger partial charge in [-0.2, -0.15) is 4.31 Å². The number of ether oxygens (including phenoxy) is 2. The molecule has 0 bridgehead atoms. The summed E-state index contributed by atoms with van der Waals surface area (Å²) in [5.74, 6) is -0.252. The maximum Gasteiger partial charge on any atom is 0.253 e.